The first-order valence-corrected chi connectivity index (χ1v) is 7.84. The second-order valence-electron chi connectivity index (χ2n) is 4.76. The molecule has 0 saturated heterocycles. The average molecular weight is 317 g/mol. The van der Waals surface area contributed by atoms with Gasteiger partial charge in [0.15, 0.2) is 0 Å². The van der Waals surface area contributed by atoms with Gasteiger partial charge in [-0.05, 0) is 6.42 Å². The summed E-state index contributed by atoms with van der Waals surface area (Å²) in [6, 6.07) is 0. The SMILES string of the molecule is CCC1=NOC(C(=O)NCc2csc(-c3cnccn3)n2)C1. The Hall–Kier alpha value is -2.35. The van der Waals surface area contributed by atoms with Crippen LogP contribution in [0, 0.1) is 0 Å². The van der Waals surface area contributed by atoms with Crippen LogP contribution in [-0.2, 0) is 16.2 Å². The summed E-state index contributed by atoms with van der Waals surface area (Å²) in [6.07, 6.45) is 5.75. The molecule has 0 spiro atoms. The van der Waals surface area contributed by atoms with Gasteiger partial charge in [-0.2, -0.15) is 0 Å². The van der Waals surface area contributed by atoms with E-state index in [4.69, 9.17) is 4.84 Å². The molecule has 3 heterocycles. The van der Waals surface area contributed by atoms with Gasteiger partial charge in [0.05, 0.1) is 24.1 Å². The van der Waals surface area contributed by atoms with Gasteiger partial charge in [-0.3, -0.25) is 14.8 Å². The lowest BCUT2D eigenvalue weighted by atomic mass is 10.1. The average Bonchev–Trinajstić information content (AvgIpc) is 3.22. The predicted octanol–water partition coefficient (Wildman–Crippen LogP) is 1.77. The van der Waals surface area contributed by atoms with Crippen molar-refractivity contribution in [3.8, 4) is 10.7 Å². The van der Waals surface area contributed by atoms with Crippen molar-refractivity contribution in [2.45, 2.75) is 32.4 Å². The molecule has 2 aromatic heterocycles. The number of hydrogen-bond donors (Lipinski definition) is 1. The summed E-state index contributed by atoms with van der Waals surface area (Å²) in [6.45, 7) is 2.35. The summed E-state index contributed by atoms with van der Waals surface area (Å²) in [5.74, 6) is -0.166. The van der Waals surface area contributed by atoms with Crippen LogP contribution in [0.5, 0.6) is 0 Å². The molecule has 1 atom stereocenters. The number of rotatable bonds is 5. The van der Waals surface area contributed by atoms with Gasteiger partial charge in [0.2, 0.25) is 6.10 Å². The molecule has 0 fully saturated rings. The van der Waals surface area contributed by atoms with Crippen molar-refractivity contribution in [2.24, 2.45) is 5.16 Å². The Labute approximate surface area is 131 Å². The Balaban J connectivity index is 1.54. The largest absolute Gasteiger partial charge is 0.382 e. The van der Waals surface area contributed by atoms with Crippen molar-refractivity contribution < 1.29 is 9.63 Å². The maximum atomic E-state index is 12.0. The molecular formula is C14H15N5O2S. The van der Waals surface area contributed by atoms with Crippen LogP contribution in [0.25, 0.3) is 10.7 Å². The van der Waals surface area contributed by atoms with Gasteiger partial charge in [-0.1, -0.05) is 12.1 Å². The molecule has 0 radical (unpaired) electrons. The first-order chi connectivity index (χ1) is 10.8. The zero-order valence-electron chi connectivity index (χ0n) is 12.0. The second-order valence-corrected chi connectivity index (χ2v) is 5.62. The van der Waals surface area contributed by atoms with E-state index in [2.05, 4.69) is 25.4 Å². The number of amides is 1. The normalized spacial score (nSPS) is 17.0. The third kappa shape index (κ3) is 3.28. The van der Waals surface area contributed by atoms with Gasteiger partial charge < -0.3 is 10.2 Å². The Morgan fingerprint density at radius 1 is 1.50 bits per heavy atom. The summed E-state index contributed by atoms with van der Waals surface area (Å²) < 4.78 is 0. The van der Waals surface area contributed by atoms with Gasteiger partial charge in [0.1, 0.15) is 10.7 Å². The highest BCUT2D eigenvalue weighted by molar-refractivity contribution is 7.13. The molecule has 1 aliphatic heterocycles. The van der Waals surface area contributed by atoms with E-state index in [9.17, 15) is 4.79 Å². The van der Waals surface area contributed by atoms with Crippen molar-refractivity contribution in [3.63, 3.8) is 0 Å². The quantitative estimate of drug-likeness (QED) is 0.908. The van der Waals surface area contributed by atoms with Gasteiger partial charge in [0, 0.05) is 24.2 Å². The lowest BCUT2D eigenvalue weighted by Crippen LogP contribution is -2.34. The number of nitrogens with zero attached hydrogens (tertiary/aromatic N) is 4. The van der Waals surface area contributed by atoms with E-state index in [1.54, 1.807) is 18.6 Å². The van der Waals surface area contributed by atoms with E-state index in [0.717, 1.165) is 28.5 Å². The van der Waals surface area contributed by atoms with Crippen LogP contribution in [0.1, 0.15) is 25.5 Å². The number of oxime groups is 1. The highest BCUT2D eigenvalue weighted by Gasteiger charge is 2.27. The number of carbonyl (C=O) groups excluding carboxylic acids is 1. The standard InChI is InChI=1S/C14H15N5O2S/c1-2-9-5-12(21-19-9)13(20)17-6-10-8-22-14(18-10)11-7-15-3-4-16-11/h3-4,7-8,12H,2,5-6H2,1H3,(H,17,20). The highest BCUT2D eigenvalue weighted by Crippen LogP contribution is 2.20. The number of carbonyl (C=O) groups is 1. The number of hydrogen-bond acceptors (Lipinski definition) is 7. The topological polar surface area (TPSA) is 89.4 Å². The van der Waals surface area contributed by atoms with Crippen LogP contribution in [0.15, 0.2) is 29.1 Å². The fraction of sp³-hybridized carbons (Fsp3) is 0.357. The second kappa shape index (κ2) is 6.61. The summed E-state index contributed by atoms with van der Waals surface area (Å²) >= 11 is 1.47. The van der Waals surface area contributed by atoms with Crippen LogP contribution < -0.4 is 5.32 Å². The van der Waals surface area contributed by atoms with Crippen molar-refractivity contribution in [3.05, 3.63) is 29.7 Å². The molecular weight excluding hydrogens is 302 g/mol. The van der Waals surface area contributed by atoms with Crippen LogP contribution in [-0.4, -0.2) is 32.7 Å². The summed E-state index contributed by atoms with van der Waals surface area (Å²) in [5, 5.41) is 9.38. The lowest BCUT2D eigenvalue weighted by Gasteiger charge is -2.08. The third-order valence-electron chi connectivity index (χ3n) is 3.21. The molecule has 8 heteroatoms. The molecule has 0 bridgehead atoms. The Morgan fingerprint density at radius 3 is 3.14 bits per heavy atom. The van der Waals surface area contributed by atoms with Gasteiger partial charge >= 0.3 is 0 Å². The first kappa shape index (κ1) is 14.6. The minimum atomic E-state index is -0.520. The fourth-order valence-electron chi connectivity index (χ4n) is 1.98. The minimum Gasteiger partial charge on any atom is -0.382 e. The van der Waals surface area contributed by atoms with Gasteiger partial charge in [-0.15, -0.1) is 11.3 Å². The first-order valence-electron chi connectivity index (χ1n) is 6.96. The minimum absolute atomic E-state index is 0.166. The van der Waals surface area contributed by atoms with E-state index in [1.807, 2.05) is 12.3 Å². The molecule has 22 heavy (non-hydrogen) atoms. The van der Waals surface area contributed by atoms with Crippen molar-refractivity contribution in [2.75, 3.05) is 0 Å². The van der Waals surface area contributed by atoms with E-state index in [-0.39, 0.29) is 5.91 Å². The Bertz CT molecular complexity index is 686. The van der Waals surface area contributed by atoms with Crippen LogP contribution in [0.2, 0.25) is 0 Å². The number of aromatic nitrogens is 3. The van der Waals surface area contributed by atoms with E-state index in [0.29, 0.717) is 13.0 Å². The molecule has 7 nitrogen and oxygen atoms in total. The van der Waals surface area contributed by atoms with Crippen molar-refractivity contribution >= 4 is 23.0 Å². The Kier molecular flexibility index (Phi) is 4.38. The zero-order chi connectivity index (χ0) is 15.4. The van der Waals surface area contributed by atoms with Crippen molar-refractivity contribution in [1.82, 2.24) is 20.3 Å². The van der Waals surface area contributed by atoms with Gasteiger partial charge in [0.25, 0.3) is 5.91 Å². The maximum Gasteiger partial charge on any atom is 0.264 e. The number of nitrogens with one attached hydrogen (secondary N) is 1. The van der Waals surface area contributed by atoms with E-state index < -0.39 is 6.10 Å². The molecule has 0 aromatic carbocycles. The molecule has 1 amide bonds. The third-order valence-corrected chi connectivity index (χ3v) is 4.12. The van der Waals surface area contributed by atoms with Crippen LogP contribution in [0.4, 0.5) is 0 Å². The van der Waals surface area contributed by atoms with E-state index in [1.165, 1.54) is 11.3 Å². The van der Waals surface area contributed by atoms with Crippen molar-refractivity contribution in [1.29, 1.82) is 0 Å². The smallest absolute Gasteiger partial charge is 0.264 e. The highest BCUT2D eigenvalue weighted by atomic mass is 32.1. The molecule has 2 aromatic rings. The monoisotopic (exact) mass is 317 g/mol. The Morgan fingerprint density at radius 2 is 2.41 bits per heavy atom. The van der Waals surface area contributed by atoms with Crippen LogP contribution in [0.3, 0.4) is 0 Å². The molecule has 1 aliphatic rings. The molecule has 1 N–H and O–H groups in total. The van der Waals surface area contributed by atoms with E-state index >= 15 is 0 Å². The van der Waals surface area contributed by atoms with Gasteiger partial charge in [-0.25, -0.2) is 4.98 Å². The predicted molar refractivity (Wildman–Crippen MR) is 82.2 cm³/mol. The maximum absolute atomic E-state index is 12.0. The molecule has 1 unspecified atom stereocenters. The summed E-state index contributed by atoms with van der Waals surface area (Å²) in [7, 11) is 0. The lowest BCUT2D eigenvalue weighted by molar-refractivity contribution is -0.131. The number of thiazole rings is 1. The zero-order valence-corrected chi connectivity index (χ0v) is 12.8. The molecule has 0 aliphatic carbocycles. The molecule has 3 rings (SSSR count). The summed E-state index contributed by atoms with van der Waals surface area (Å²) in [4.78, 5) is 29.8. The summed E-state index contributed by atoms with van der Waals surface area (Å²) in [5.41, 5.74) is 2.43. The van der Waals surface area contributed by atoms with Crippen LogP contribution >= 0.6 is 11.3 Å². The fourth-order valence-corrected chi connectivity index (χ4v) is 2.76. The molecule has 114 valence electrons. The molecule has 0 saturated carbocycles.